The molecule has 1 fully saturated rings. The smallest absolute Gasteiger partial charge is 0.191 e. The van der Waals surface area contributed by atoms with Crippen LogP contribution in [0.5, 0.6) is 11.5 Å². The summed E-state index contributed by atoms with van der Waals surface area (Å²) in [6.07, 6.45) is 1.94. The lowest BCUT2D eigenvalue weighted by Gasteiger charge is -2.38. The third-order valence-electron chi connectivity index (χ3n) is 5.69. The highest BCUT2D eigenvalue weighted by Gasteiger charge is 2.34. The Balaban J connectivity index is 1.66. The standard InChI is InChI=1S/C24H33N3O3/c1-4-30-22-8-6-5-7-19(22)17-26-23(25-2)27-18-24(13-15-29-16-14-24)20-9-11-21(28-3)12-10-20/h5-12H,4,13-18H2,1-3H3,(H2,25,26,27). The SMILES string of the molecule is CCOc1ccccc1CNC(=NC)NCC1(c2ccc(OC)cc2)CCOCC1. The minimum Gasteiger partial charge on any atom is -0.497 e. The molecule has 1 saturated heterocycles. The Morgan fingerprint density at radius 2 is 1.80 bits per heavy atom. The molecule has 0 aliphatic carbocycles. The zero-order chi connectivity index (χ0) is 21.2. The van der Waals surface area contributed by atoms with E-state index in [0.29, 0.717) is 13.2 Å². The van der Waals surface area contributed by atoms with Crippen LogP contribution in [-0.4, -0.2) is 46.5 Å². The Morgan fingerprint density at radius 3 is 2.47 bits per heavy atom. The van der Waals surface area contributed by atoms with Gasteiger partial charge in [0.1, 0.15) is 11.5 Å². The summed E-state index contributed by atoms with van der Waals surface area (Å²) >= 11 is 0. The maximum absolute atomic E-state index is 5.73. The van der Waals surface area contributed by atoms with Crippen LogP contribution in [0.15, 0.2) is 53.5 Å². The first-order chi connectivity index (χ1) is 14.7. The van der Waals surface area contributed by atoms with Gasteiger partial charge in [0, 0.05) is 44.3 Å². The number of guanidine groups is 1. The summed E-state index contributed by atoms with van der Waals surface area (Å²) in [5.74, 6) is 2.56. The third-order valence-corrected chi connectivity index (χ3v) is 5.69. The Morgan fingerprint density at radius 1 is 1.07 bits per heavy atom. The van der Waals surface area contributed by atoms with Crippen molar-refractivity contribution >= 4 is 5.96 Å². The summed E-state index contributed by atoms with van der Waals surface area (Å²) in [5.41, 5.74) is 2.42. The van der Waals surface area contributed by atoms with Crippen LogP contribution in [0.4, 0.5) is 0 Å². The van der Waals surface area contributed by atoms with E-state index in [2.05, 4.69) is 33.8 Å². The molecule has 3 rings (SSSR count). The Hall–Kier alpha value is -2.73. The summed E-state index contributed by atoms with van der Waals surface area (Å²) in [5, 5.41) is 6.96. The number of hydrogen-bond acceptors (Lipinski definition) is 4. The van der Waals surface area contributed by atoms with Crippen molar-refractivity contribution in [1.82, 2.24) is 10.6 Å². The highest BCUT2D eigenvalue weighted by atomic mass is 16.5. The first-order valence-corrected chi connectivity index (χ1v) is 10.6. The van der Waals surface area contributed by atoms with Crippen molar-refractivity contribution in [2.75, 3.05) is 40.5 Å². The molecular formula is C24H33N3O3. The van der Waals surface area contributed by atoms with Gasteiger partial charge in [-0.3, -0.25) is 4.99 Å². The number of para-hydroxylation sites is 1. The van der Waals surface area contributed by atoms with Gasteiger partial charge < -0.3 is 24.8 Å². The number of ether oxygens (including phenoxy) is 3. The van der Waals surface area contributed by atoms with Crippen LogP contribution in [0.2, 0.25) is 0 Å². The van der Waals surface area contributed by atoms with Gasteiger partial charge in [-0.15, -0.1) is 0 Å². The van der Waals surface area contributed by atoms with Crippen molar-refractivity contribution in [3.63, 3.8) is 0 Å². The lowest BCUT2D eigenvalue weighted by molar-refractivity contribution is 0.0513. The largest absolute Gasteiger partial charge is 0.497 e. The van der Waals surface area contributed by atoms with Crippen molar-refractivity contribution in [1.29, 1.82) is 0 Å². The molecule has 1 aliphatic heterocycles. The summed E-state index contributed by atoms with van der Waals surface area (Å²) in [4.78, 5) is 4.42. The molecule has 0 bridgehead atoms. The topological polar surface area (TPSA) is 64.1 Å². The molecule has 0 amide bonds. The summed E-state index contributed by atoms with van der Waals surface area (Å²) < 4.78 is 16.7. The molecule has 6 nitrogen and oxygen atoms in total. The van der Waals surface area contributed by atoms with Crippen molar-refractivity contribution < 1.29 is 14.2 Å². The molecule has 0 saturated carbocycles. The lowest BCUT2D eigenvalue weighted by Crippen LogP contribution is -2.47. The van der Waals surface area contributed by atoms with Gasteiger partial charge in [-0.05, 0) is 43.5 Å². The van der Waals surface area contributed by atoms with Gasteiger partial charge in [-0.25, -0.2) is 0 Å². The molecule has 1 heterocycles. The van der Waals surface area contributed by atoms with Gasteiger partial charge in [-0.2, -0.15) is 0 Å². The van der Waals surface area contributed by atoms with Gasteiger partial charge in [0.05, 0.1) is 13.7 Å². The molecule has 1 aliphatic rings. The highest BCUT2D eigenvalue weighted by Crippen LogP contribution is 2.35. The normalized spacial score (nSPS) is 16.0. The number of methoxy groups -OCH3 is 1. The fourth-order valence-corrected chi connectivity index (χ4v) is 3.87. The van der Waals surface area contributed by atoms with Gasteiger partial charge in [0.15, 0.2) is 5.96 Å². The quantitative estimate of drug-likeness (QED) is 0.514. The number of aliphatic imine (C=N–C) groups is 1. The zero-order valence-electron chi connectivity index (χ0n) is 18.2. The van der Waals surface area contributed by atoms with Crippen LogP contribution in [0.3, 0.4) is 0 Å². The van der Waals surface area contributed by atoms with Gasteiger partial charge in [0.25, 0.3) is 0 Å². The molecule has 162 valence electrons. The average Bonchev–Trinajstić information content (AvgIpc) is 2.81. The second kappa shape index (κ2) is 10.9. The second-order valence-electron chi connectivity index (χ2n) is 7.44. The second-order valence-corrected chi connectivity index (χ2v) is 7.44. The van der Waals surface area contributed by atoms with Crippen molar-refractivity contribution in [2.24, 2.45) is 4.99 Å². The van der Waals surface area contributed by atoms with Crippen LogP contribution < -0.4 is 20.1 Å². The van der Waals surface area contributed by atoms with Crippen molar-refractivity contribution in [2.45, 2.75) is 31.7 Å². The average molecular weight is 412 g/mol. The fraction of sp³-hybridized carbons (Fsp3) is 0.458. The van der Waals surface area contributed by atoms with Crippen LogP contribution in [0.25, 0.3) is 0 Å². The van der Waals surface area contributed by atoms with Gasteiger partial charge >= 0.3 is 0 Å². The predicted molar refractivity (Wildman–Crippen MR) is 121 cm³/mol. The molecule has 30 heavy (non-hydrogen) atoms. The maximum atomic E-state index is 5.73. The first-order valence-electron chi connectivity index (χ1n) is 10.6. The zero-order valence-corrected chi connectivity index (χ0v) is 18.2. The number of hydrogen-bond donors (Lipinski definition) is 2. The molecule has 6 heteroatoms. The monoisotopic (exact) mass is 411 g/mol. The molecule has 2 N–H and O–H groups in total. The number of rotatable bonds is 8. The molecule has 0 aromatic heterocycles. The Kier molecular flexibility index (Phi) is 7.97. The van der Waals surface area contributed by atoms with E-state index in [-0.39, 0.29) is 5.41 Å². The minimum atomic E-state index is 0.00533. The minimum absolute atomic E-state index is 0.00533. The molecule has 2 aromatic rings. The molecule has 0 radical (unpaired) electrons. The van der Waals surface area contributed by atoms with E-state index in [1.807, 2.05) is 37.3 Å². The third kappa shape index (κ3) is 5.45. The van der Waals surface area contributed by atoms with Crippen LogP contribution in [0, 0.1) is 0 Å². The molecule has 0 spiro atoms. The number of nitrogens with one attached hydrogen (secondary N) is 2. The molecule has 0 unspecified atom stereocenters. The van der Waals surface area contributed by atoms with Crippen molar-refractivity contribution in [3.8, 4) is 11.5 Å². The van der Waals surface area contributed by atoms with Crippen LogP contribution in [-0.2, 0) is 16.7 Å². The number of benzene rings is 2. The summed E-state index contributed by atoms with van der Waals surface area (Å²) in [6, 6.07) is 16.5. The van der Waals surface area contributed by atoms with Crippen molar-refractivity contribution in [3.05, 3.63) is 59.7 Å². The van der Waals surface area contributed by atoms with E-state index >= 15 is 0 Å². The van der Waals surface area contributed by atoms with E-state index in [0.717, 1.165) is 55.6 Å². The summed E-state index contributed by atoms with van der Waals surface area (Å²) in [6.45, 7) is 5.61. The van der Waals surface area contributed by atoms with Gasteiger partial charge in [0.2, 0.25) is 0 Å². The Labute approximate surface area is 179 Å². The van der Waals surface area contributed by atoms with E-state index in [4.69, 9.17) is 14.2 Å². The van der Waals surface area contributed by atoms with E-state index < -0.39 is 0 Å². The molecular weight excluding hydrogens is 378 g/mol. The van der Waals surface area contributed by atoms with E-state index in [9.17, 15) is 0 Å². The van der Waals surface area contributed by atoms with Gasteiger partial charge in [-0.1, -0.05) is 30.3 Å². The van der Waals surface area contributed by atoms with Crippen LogP contribution >= 0.6 is 0 Å². The predicted octanol–water partition coefficient (Wildman–Crippen LogP) is 3.51. The van der Waals surface area contributed by atoms with Crippen LogP contribution in [0.1, 0.15) is 30.9 Å². The molecule has 2 aromatic carbocycles. The highest BCUT2D eigenvalue weighted by molar-refractivity contribution is 5.79. The lowest BCUT2D eigenvalue weighted by atomic mass is 9.74. The first kappa shape index (κ1) is 22.0. The Bertz CT molecular complexity index is 815. The van der Waals surface area contributed by atoms with E-state index in [1.54, 1.807) is 14.2 Å². The number of nitrogens with zero attached hydrogens (tertiary/aromatic N) is 1. The maximum Gasteiger partial charge on any atom is 0.191 e. The molecule has 0 atom stereocenters. The summed E-state index contributed by atoms with van der Waals surface area (Å²) in [7, 11) is 3.49. The van der Waals surface area contributed by atoms with E-state index in [1.165, 1.54) is 5.56 Å². The fourth-order valence-electron chi connectivity index (χ4n) is 3.87.